The molecule has 0 saturated carbocycles. The predicted molar refractivity (Wildman–Crippen MR) is 87.0 cm³/mol. The molecule has 0 radical (unpaired) electrons. The van der Waals surface area contributed by atoms with Crippen molar-refractivity contribution >= 4 is 28.3 Å². The summed E-state index contributed by atoms with van der Waals surface area (Å²) in [4.78, 5) is 0. The van der Waals surface area contributed by atoms with Crippen molar-refractivity contribution in [1.82, 2.24) is 0 Å². The van der Waals surface area contributed by atoms with Crippen LogP contribution in [0.2, 0.25) is 0 Å². The molecule has 2 heteroatoms. The van der Waals surface area contributed by atoms with Gasteiger partial charge in [-0.1, -0.05) is 36.8 Å². The van der Waals surface area contributed by atoms with Gasteiger partial charge in [0.25, 0.3) is 0 Å². The van der Waals surface area contributed by atoms with Gasteiger partial charge >= 0.3 is 0 Å². The number of halogens is 1. The Morgan fingerprint density at radius 3 is 2.17 bits per heavy atom. The lowest BCUT2D eigenvalue weighted by Gasteiger charge is -2.19. The van der Waals surface area contributed by atoms with E-state index in [0.717, 1.165) is 6.42 Å². The van der Waals surface area contributed by atoms with Gasteiger partial charge in [-0.2, -0.15) is 0 Å². The average Bonchev–Trinajstić information content (AvgIpc) is 2.39. The first-order chi connectivity index (χ1) is 8.69. The molecule has 94 valence electrons. The van der Waals surface area contributed by atoms with Crippen molar-refractivity contribution in [3.05, 3.63) is 63.2 Å². The quantitative estimate of drug-likeness (QED) is 0.750. The van der Waals surface area contributed by atoms with E-state index in [9.17, 15) is 0 Å². The van der Waals surface area contributed by atoms with Crippen LogP contribution in [-0.4, -0.2) is 0 Å². The summed E-state index contributed by atoms with van der Waals surface area (Å²) in [6.07, 6.45) is 1.08. The monoisotopic (exact) mass is 351 g/mol. The van der Waals surface area contributed by atoms with E-state index < -0.39 is 0 Å². The fourth-order valence-electron chi connectivity index (χ4n) is 1.97. The van der Waals surface area contributed by atoms with Crippen LogP contribution in [0.1, 0.15) is 30.5 Å². The molecule has 0 bridgehead atoms. The molecule has 2 rings (SSSR count). The Bertz CT molecular complexity index is 488. The Hall–Kier alpha value is -1.03. The molecule has 0 aliphatic rings. The summed E-state index contributed by atoms with van der Waals surface area (Å²) >= 11 is 2.33. The van der Waals surface area contributed by atoms with Crippen LogP contribution in [0.3, 0.4) is 0 Å². The molecule has 1 unspecified atom stereocenters. The molecule has 0 aliphatic carbocycles. The van der Waals surface area contributed by atoms with Crippen molar-refractivity contribution in [2.75, 3.05) is 5.32 Å². The molecule has 0 aromatic heterocycles. The Balaban J connectivity index is 2.14. The highest BCUT2D eigenvalue weighted by Crippen LogP contribution is 2.23. The standard InChI is InChI=1S/C16H18IN/c1-3-16(13-6-4-12(2)5-7-13)18-15-10-8-14(17)9-11-15/h4-11,16,18H,3H2,1-2H3. The minimum absolute atomic E-state index is 0.380. The van der Waals surface area contributed by atoms with Gasteiger partial charge in [0.15, 0.2) is 0 Å². The fraction of sp³-hybridized carbons (Fsp3) is 0.250. The van der Waals surface area contributed by atoms with Gasteiger partial charge < -0.3 is 5.32 Å². The van der Waals surface area contributed by atoms with Gasteiger partial charge in [-0.05, 0) is 65.8 Å². The first-order valence-corrected chi connectivity index (χ1v) is 7.35. The number of aryl methyl sites for hydroxylation is 1. The molecule has 1 nitrogen and oxygen atoms in total. The highest BCUT2D eigenvalue weighted by Gasteiger charge is 2.08. The highest BCUT2D eigenvalue weighted by molar-refractivity contribution is 14.1. The molecule has 1 N–H and O–H groups in total. The van der Waals surface area contributed by atoms with E-state index in [1.165, 1.54) is 20.4 Å². The van der Waals surface area contributed by atoms with Gasteiger partial charge in [0.2, 0.25) is 0 Å². The van der Waals surface area contributed by atoms with Crippen molar-refractivity contribution in [3.63, 3.8) is 0 Å². The predicted octanol–water partition coefficient (Wildman–Crippen LogP) is 5.16. The zero-order chi connectivity index (χ0) is 13.0. The number of hydrogen-bond acceptors (Lipinski definition) is 1. The molecule has 18 heavy (non-hydrogen) atoms. The van der Waals surface area contributed by atoms with E-state index in [0.29, 0.717) is 6.04 Å². The third-order valence-corrected chi connectivity index (χ3v) is 3.79. The summed E-state index contributed by atoms with van der Waals surface area (Å²) in [5.74, 6) is 0. The lowest BCUT2D eigenvalue weighted by Crippen LogP contribution is -2.09. The summed E-state index contributed by atoms with van der Waals surface area (Å²) in [7, 11) is 0. The average molecular weight is 351 g/mol. The van der Waals surface area contributed by atoms with Crippen LogP contribution in [0.15, 0.2) is 48.5 Å². The van der Waals surface area contributed by atoms with E-state index >= 15 is 0 Å². The van der Waals surface area contributed by atoms with Gasteiger partial charge in [0, 0.05) is 9.26 Å². The third kappa shape index (κ3) is 3.48. The maximum Gasteiger partial charge on any atom is 0.0511 e. The van der Waals surface area contributed by atoms with Gasteiger partial charge in [0.1, 0.15) is 0 Å². The molecule has 0 spiro atoms. The van der Waals surface area contributed by atoms with Crippen molar-refractivity contribution < 1.29 is 0 Å². The molecule has 1 atom stereocenters. The zero-order valence-corrected chi connectivity index (χ0v) is 12.9. The summed E-state index contributed by atoms with van der Waals surface area (Å²) in [6.45, 7) is 4.33. The largest absolute Gasteiger partial charge is 0.378 e. The van der Waals surface area contributed by atoms with Crippen molar-refractivity contribution in [3.8, 4) is 0 Å². The Morgan fingerprint density at radius 1 is 1.00 bits per heavy atom. The molecular formula is C16H18IN. The topological polar surface area (TPSA) is 12.0 Å². The number of rotatable bonds is 4. The van der Waals surface area contributed by atoms with E-state index in [1.807, 2.05) is 0 Å². The van der Waals surface area contributed by atoms with Gasteiger partial charge in [0.05, 0.1) is 6.04 Å². The van der Waals surface area contributed by atoms with E-state index in [2.05, 4.69) is 90.3 Å². The van der Waals surface area contributed by atoms with Crippen LogP contribution >= 0.6 is 22.6 Å². The molecule has 0 aliphatic heterocycles. The van der Waals surface area contributed by atoms with Gasteiger partial charge in [-0.3, -0.25) is 0 Å². The van der Waals surface area contributed by atoms with Gasteiger partial charge in [-0.25, -0.2) is 0 Å². The molecule has 0 heterocycles. The summed E-state index contributed by atoms with van der Waals surface area (Å²) in [5, 5.41) is 3.59. The maximum atomic E-state index is 3.59. The number of benzene rings is 2. The van der Waals surface area contributed by atoms with E-state index in [-0.39, 0.29) is 0 Å². The summed E-state index contributed by atoms with van der Waals surface area (Å²) < 4.78 is 1.27. The number of nitrogens with one attached hydrogen (secondary N) is 1. The molecule has 0 fully saturated rings. The number of anilines is 1. The van der Waals surface area contributed by atoms with Crippen LogP contribution in [0.4, 0.5) is 5.69 Å². The van der Waals surface area contributed by atoms with Crippen molar-refractivity contribution in [2.45, 2.75) is 26.3 Å². The molecule has 0 saturated heterocycles. The molecule has 0 amide bonds. The van der Waals surface area contributed by atoms with Crippen LogP contribution in [-0.2, 0) is 0 Å². The van der Waals surface area contributed by atoms with Crippen LogP contribution in [0, 0.1) is 10.5 Å². The van der Waals surface area contributed by atoms with Crippen molar-refractivity contribution in [1.29, 1.82) is 0 Å². The highest BCUT2D eigenvalue weighted by atomic mass is 127. The fourth-order valence-corrected chi connectivity index (χ4v) is 2.33. The van der Waals surface area contributed by atoms with E-state index in [1.54, 1.807) is 0 Å². The molecule has 2 aromatic carbocycles. The second-order valence-corrected chi connectivity index (χ2v) is 5.77. The van der Waals surface area contributed by atoms with Gasteiger partial charge in [-0.15, -0.1) is 0 Å². The first kappa shape index (κ1) is 13.4. The first-order valence-electron chi connectivity index (χ1n) is 6.27. The zero-order valence-electron chi connectivity index (χ0n) is 10.8. The number of hydrogen-bond donors (Lipinski definition) is 1. The second kappa shape index (κ2) is 6.23. The normalized spacial score (nSPS) is 12.2. The smallest absolute Gasteiger partial charge is 0.0511 e. The minimum atomic E-state index is 0.380. The Labute approximate surface area is 123 Å². The second-order valence-electron chi connectivity index (χ2n) is 4.52. The van der Waals surface area contributed by atoms with E-state index in [4.69, 9.17) is 0 Å². The summed E-state index contributed by atoms with van der Waals surface area (Å²) in [6, 6.07) is 17.7. The lowest BCUT2D eigenvalue weighted by atomic mass is 10.0. The SMILES string of the molecule is CCC(Nc1ccc(I)cc1)c1ccc(C)cc1. The Morgan fingerprint density at radius 2 is 1.61 bits per heavy atom. The lowest BCUT2D eigenvalue weighted by molar-refractivity contribution is 0.749. The third-order valence-electron chi connectivity index (χ3n) is 3.07. The van der Waals surface area contributed by atoms with Crippen LogP contribution in [0.25, 0.3) is 0 Å². The molecule has 2 aromatic rings. The van der Waals surface area contributed by atoms with Crippen LogP contribution < -0.4 is 5.32 Å². The molecular weight excluding hydrogens is 333 g/mol. The maximum absolute atomic E-state index is 3.59. The van der Waals surface area contributed by atoms with Crippen molar-refractivity contribution in [2.24, 2.45) is 0 Å². The Kier molecular flexibility index (Phi) is 4.64. The van der Waals surface area contributed by atoms with Crippen LogP contribution in [0.5, 0.6) is 0 Å². The summed E-state index contributed by atoms with van der Waals surface area (Å²) in [5.41, 5.74) is 3.84. The minimum Gasteiger partial charge on any atom is -0.378 e.